The normalized spacial score (nSPS) is 33.3. The van der Waals surface area contributed by atoms with Crippen LogP contribution in [0.3, 0.4) is 0 Å². The molecule has 0 unspecified atom stereocenters. The average Bonchev–Trinajstić information content (AvgIpc) is 3.07. The summed E-state index contributed by atoms with van der Waals surface area (Å²) in [5, 5.41) is 0. The summed E-state index contributed by atoms with van der Waals surface area (Å²) in [5.41, 5.74) is 10.2. The van der Waals surface area contributed by atoms with Gasteiger partial charge in [-0.1, -0.05) is 35.9 Å². The lowest BCUT2D eigenvalue weighted by Crippen LogP contribution is -2.60. The molecule has 26 heavy (non-hydrogen) atoms. The van der Waals surface area contributed by atoms with Crippen molar-refractivity contribution in [1.82, 2.24) is 14.8 Å². The second kappa shape index (κ2) is 6.36. The standard InChI is InChI=1S/C22H28N4/c1-15-4-6-16(7-5-15)19-14-26(13-18-3-2-10-24-22(18)23)20-17-8-11-25(12-9-17)21(19)20/h2-7,10,17,19-21H,8-9,11-14H2,1H3,(H2,23,24)/t19-,20-,21-/m1/s1. The Morgan fingerprint density at radius 3 is 2.58 bits per heavy atom. The van der Waals surface area contributed by atoms with Crippen LogP contribution in [0, 0.1) is 12.8 Å². The van der Waals surface area contributed by atoms with E-state index in [1.807, 2.05) is 6.07 Å². The van der Waals surface area contributed by atoms with E-state index >= 15 is 0 Å². The van der Waals surface area contributed by atoms with Gasteiger partial charge in [-0.15, -0.1) is 0 Å². The molecule has 6 rings (SSSR count). The molecule has 1 aromatic heterocycles. The first-order valence-corrected chi connectivity index (χ1v) is 9.95. The fourth-order valence-corrected chi connectivity index (χ4v) is 5.63. The van der Waals surface area contributed by atoms with Crippen LogP contribution >= 0.6 is 0 Å². The minimum absolute atomic E-state index is 0.599. The van der Waals surface area contributed by atoms with Crippen LogP contribution in [-0.4, -0.2) is 46.5 Å². The highest BCUT2D eigenvalue weighted by Gasteiger charge is 2.53. The molecule has 0 radical (unpaired) electrons. The number of pyridine rings is 1. The number of aromatic nitrogens is 1. The highest BCUT2D eigenvalue weighted by molar-refractivity contribution is 5.39. The second-order valence-electron chi connectivity index (χ2n) is 8.35. The molecule has 2 aromatic rings. The fourth-order valence-electron chi connectivity index (χ4n) is 5.63. The van der Waals surface area contributed by atoms with Crippen molar-refractivity contribution in [2.24, 2.45) is 5.92 Å². The molecule has 2 bridgehead atoms. The Balaban J connectivity index is 1.48. The zero-order chi connectivity index (χ0) is 17.7. The predicted octanol–water partition coefficient (Wildman–Crippen LogP) is 3.03. The summed E-state index contributed by atoms with van der Waals surface area (Å²) >= 11 is 0. The molecule has 4 aliphatic heterocycles. The number of nitrogens with zero attached hydrogens (tertiary/aromatic N) is 3. The SMILES string of the molecule is Cc1ccc([C@H]2CN(Cc3cccnc3N)[C@@H]3C4CCN(CC4)[C@H]23)cc1. The minimum Gasteiger partial charge on any atom is -0.383 e. The largest absolute Gasteiger partial charge is 0.383 e. The van der Waals surface area contributed by atoms with Gasteiger partial charge in [0.2, 0.25) is 0 Å². The van der Waals surface area contributed by atoms with E-state index in [2.05, 4.69) is 52.0 Å². The molecule has 0 amide bonds. The van der Waals surface area contributed by atoms with E-state index in [0.29, 0.717) is 23.8 Å². The zero-order valence-corrected chi connectivity index (χ0v) is 15.5. The number of hydrogen-bond acceptors (Lipinski definition) is 4. The first kappa shape index (κ1) is 16.3. The minimum atomic E-state index is 0.599. The highest BCUT2D eigenvalue weighted by atomic mass is 15.3. The van der Waals surface area contributed by atoms with E-state index in [9.17, 15) is 0 Å². The van der Waals surface area contributed by atoms with Crippen molar-refractivity contribution in [2.75, 3.05) is 25.4 Å². The Hall–Kier alpha value is -1.91. The molecular weight excluding hydrogens is 320 g/mol. The second-order valence-corrected chi connectivity index (χ2v) is 8.35. The van der Waals surface area contributed by atoms with E-state index in [1.165, 1.54) is 42.6 Å². The molecule has 4 fully saturated rings. The third kappa shape index (κ3) is 2.63. The summed E-state index contributed by atoms with van der Waals surface area (Å²) < 4.78 is 0. The molecule has 4 heteroatoms. The molecule has 4 nitrogen and oxygen atoms in total. The van der Waals surface area contributed by atoms with Crippen molar-refractivity contribution in [3.63, 3.8) is 0 Å². The number of aryl methyl sites for hydroxylation is 1. The summed E-state index contributed by atoms with van der Waals surface area (Å²) in [5.74, 6) is 2.11. The van der Waals surface area contributed by atoms with Crippen molar-refractivity contribution < 1.29 is 0 Å². The van der Waals surface area contributed by atoms with E-state index in [1.54, 1.807) is 6.20 Å². The number of benzene rings is 1. The molecule has 0 saturated carbocycles. The van der Waals surface area contributed by atoms with Crippen LogP contribution < -0.4 is 5.73 Å². The van der Waals surface area contributed by atoms with Gasteiger partial charge in [0.1, 0.15) is 5.82 Å². The summed E-state index contributed by atoms with van der Waals surface area (Å²) in [6, 6.07) is 14.7. The van der Waals surface area contributed by atoms with Crippen molar-refractivity contribution in [3.8, 4) is 0 Å². The Morgan fingerprint density at radius 2 is 1.85 bits per heavy atom. The van der Waals surface area contributed by atoms with Crippen LogP contribution in [0.4, 0.5) is 5.82 Å². The van der Waals surface area contributed by atoms with Gasteiger partial charge in [0.15, 0.2) is 0 Å². The Kier molecular flexibility index (Phi) is 3.98. The lowest BCUT2D eigenvalue weighted by molar-refractivity contribution is -0.00866. The maximum atomic E-state index is 6.16. The summed E-state index contributed by atoms with van der Waals surface area (Å²) in [7, 11) is 0. The lowest BCUT2D eigenvalue weighted by Gasteiger charge is -2.51. The number of fused-ring (bicyclic) bond motifs is 2. The quantitative estimate of drug-likeness (QED) is 0.926. The molecule has 0 aliphatic carbocycles. The van der Waals surface area contributed by atoms with E-state index in [0.717, 1.165) is 19.0 Å². The Bertz CT molecular complexity index is 779. The van der Waals surface area contributed by atoms with Crippen LogP contribution in [0.2, 0.25) is 0 Å². The van der Waals surface area contributed by atoms with Gasteiger partial charge in [-0.05, 0) is 50.4 Å². The zero-order valence-electron chi connectivity index (χ0n) is 15.5. The number of likely N-dealkylation sites (tertiary alicyclic amines) is 1. The molecular formula is C22H28N4. The monoisotopic (exact) mass is 348 g/mol. The molecule has 1 aromatic carbocycles. The van der Waals surface area contributed by atoms with Crippen LogP contribution in [-0.2, 0) is 6.54 Å². The number of nitrogen functional groups attached to an aromatic ring is 1. The fraction of sp³-hybridized carbons (Fsp3) is 0.500. The molecule has 5 heterocycles. The molecule has 4 aliphatic rings. The Labute approximate surface area is 156 Å². The number of hydrogen-bond donors (Lipinski definition) is 1. The van der Waals surface area contributed by atoms with Crippen LogP contribution in [0.1, 0.15) is 35.4 Å². The van der Waals surface area contributed by atoms with Gasteiger partial charge in [-0.25, -0.2) is 4.98 Å². The van der Waals surface area contributed by atoms with Gasteiger partial charge in [-0.3, -0.25) is 9.80 Å². The number of anilines is 1. The van der Waals surface area contributed by atoms with Gasteiger partial charge < -0.3 is 5.73 Å². The van der Waals surface area contributed by atoms with Crippen LogP contribution in [0.15, 0.2) is 42.6 Å². The van der Waals surface area contributed by atoms with E-state index in [-0.39, 0.29) is 0 Å². The molecule has 4 saturated heterocycles. The van der Waals surface area contributed by atoms with Gasteiger partial charge in [0.05, 0.1) is 0 Å². The van der Waals surface area contributed by atoms with Crippen LogP contribution in [0.5, 0.6) is 0 Å². The third-order valence-electron chi connectivity index (χ3n) is 6.90. The smallest absolute Gasteiger partial charge is 0.127 e. The van der Waals surface area contributed by atoms with E-state index in [4.69, 9.17) is 5.73 Å². The molecule has 136 valence electrons. The summed E-state index contributed by atoms with van der Waals surface area (Å²) in [6.07, 6.45) is 4.48. The highest BCUT2D eigenvalue weighted by Crippen LogP contribution is 2.47. The van der Waals surface area contributed by atoms with Crippen molar-refractivity contribution >= 4 is 5.82 Å². The molecule has 3 atom stereocenters. The van der Waals surface area contributed by atoms with E-state index < -0.39 is 0 Å². The summed E-state index contributed by atoms with van der Waals surface area (Å²) in [6.45, 7) is 6.77. The van der Waals surface area contributed by atoms with Gasteiger partial charge in [0, 0.05) is 42.9 Å². The molecule has 2 N–H and O–H groups in total. The van der Waals surface area contributed by atoms with Crippen molar-refractivity contribution in [2.45, 2.75) is 44.3 Å². The number of rotatable bonds is 3. The first-order chi connectivity index (χ1) is 12.7. The molecule has 0 spiro atoms. The number of nitrogens with two attached hydrogens (primary N) is 1. The summed E-state index contributed by atoms with van der Waals surface area (Å²) in [4.78, 5) is 9.77. The lowest BCUT2D eigenvalue weighted by atomic mass is 9.75. The van der Waals surface area contributed by atoms with Crippen LogP contribution in [0.25, 0.3) is 0 Å². The van der Waals surface area contributed by atoms with Crippen molar-refractivity contribution in [1.29, 1.82) is 0 Å². The average molecular weight is 348 g/mol. The van der Waals surface area contributed by atoms with Gasteiger partial charge >= 0.3 is 0 Å². The first-order valence-electron chi connectivity index (χ1n) is 9.95. The van der Waals surface area contributed by atoms with Crippen molar-refractivity contribution in [3.05, 3.63) is 59.3 Å². The topological polar surface area (TPSA) is 45.4 Å². The van der Waals surface area contributed by atoms with Gasteiger partial charge in [0.25, 0.3) is 0 Å². The maximum Gasteiger partial charge on any atom is 0.127 e. The maximum absolute atomic E-state index is 6.16. The Morgan fingerprint density at radius 1 is 1.08 bits per heavy atom. The predicted molar refractivity (Wildman–Crippen MR) is 105 cm³/mol. The van der Waals surface area contributed by atoms with Gasteiger partial charge in [-0.2, -0.15) is 0 Å². The third-order valence-corrected chi connectivity index (χ3v) is 6.90. The number of piperidine rings is 3.